The molecular weight excluding hydrogens is 186 g/mol. The Hall–Kier alpha value is -1.44. The van der Waals surface area contributed by atoms with Crippen molar-refractivity contribution in [1.29, 1.82) is 0 Å². The van der Waals surface area contributed by atoms with Crippen molar-refractivity contribution >= 4 is 5.78 Å². The zero-order valence-corrected chi connectivity index (χ0v) is 9.47. The van der Waals surface area contributed by atoms with Crippen molar-refractivity contribution in [3.63, 3.8) is 0 Å². The third-order valence-corrected chi connectivity index (χ3v) is 2.16. The van der Waals surface area contributed by atoms with Gasteiger partial charge in [0.15, 0.2) is 5.78 Å². The maximum absolute atomic E-state index is 11.9. The molecule has 1 heterocycles. The summed E-state index contributed by atoms with van der Waals surface area (Å²) in [5.74, 6) is 0.571. The molecule has 1 atom stereocenters. The van der Waals surface area contributed by atoms with Crippen LogP contribution in [0.25, 0.3) is 0 Å². The maximum Gasteiger partial charge on any atom is 0.169 e. The SMILES string of the molecule is CC(C)/C=C/[C@H](C)C(=O)c1ccncc1. The van der Waals surface area contributed by atoms with Crippen molar-refractivity contribution in [1.82, 2.24) is 4.98 Å². The molecule has 1 aromatic heterocycles. The standard InChI is InChI=1S/C13H17NO/c1-10(2)4-5-11(3)13(15)12-6-8-14-9-7-12/h4-11H,1-3H3/b5-4+/t11-/m0/s1. The first-order valence-electron chi connectivity index (χ1n) is 5.24. The highest BCUT2D eigenvalue weighted by molar-refractivity contribution is 5.98. The lowest BCUT2D eigenvalue weighted by Crippen LogP contribution is -2.08. The Morgan fingerprint density at radius 2 is 1.80 bits per heavy atom. The quantitative estimate of drug-likeness (QED) is 0.556. The normalized spacial score (nSPS) is 13.3. The number of rotatable bonds is 4. The van der Waals surface area contributed by atoms with Gasteiger partial charge in [0.1, 0.15) is 0 Å². The fourth-order valence-electron chi connectivity index (χ4n) is 1.26. The van der Waals surface area contributed by atoms with Gasteiger partial charge in [0, 0.05) is 23.9 Å². The Kier molecular flexibility index (Phi) is 4.22. The highest BCUT2D eigenvalue weighted by Crippen LogP contribution is 2.10. The summed E-state index contributed by atoms with van der Waals surface area (Å²) in [4.78, 5) is 15.8. The lowest BCUT2D eigenvalue weighted by Gasteiger charge is -2.05. The number of ketones is 1. The third-order valence-electron chi connectivity index (χ3n) is 2.16. The molecule has 0 radical (unpaired) electrons. The van der Waals surface area contributed by atoms with Gasteiger partial charge in [0.05, 0.1) is 0 Å². The average Bonchev–Trinajstić information content (AvgIpc) is 2.26. The summed E-state index contributed by atoms with van der Waals surface area (Å²) in [6, 6.07) is 3.50. The van der Waals surface area contributed by atoms with Gasteiger partial charge < -0.3 is 0 Å². The van der Waals surface area contributed by atoms with E-state index >= 15 is 0 Å². The molecule has 0 saturated carbocycles. The largest absolute Gasteiger partial charge is 0.294 e. The highest BCUT2D eigenvalue weighted by atomic mass is 16.1. The Morgan fingerprint density at radius 3 is 2.33 bits per heavy atom. The number of hydrogen-bond acceptors (Lipinski definition) is 2. The third kappa shape index (κ3) is 3.66. The Bertz CT molecular complexity index is 341. The number of carbonyl (C=O) groups is 1. The lowest BCUT2D eigenvalue weighted by atomic mass is 9.98. The van der Waals surface area contributed by atoms with E-state index in [0.717, 1.165) is 5.56 Å². The van der Waals surface area contributed by atoms with Crippen LogP contribution in [0.1, 0.15) is 31.1 Å². The van der Waals surface area contributed by atoms with Crippen molar-refractivity contribution < 1.29 is 4.79 Å². The topological polar surface area (TPSA) is 30.0 Å². The molecule has 0 fully saturated rings. The predicted octanol–water partition coefficient (Wildman–Crippen LogP) is 3.11. The van der Waals surface area contributed by atoms with Gasteiger partial charge in [-0.15, -0.1) is 0 Å². The average molecular weight is 203 g/mol. The highest BCUT2D eigenvalue weighted by Gasteiger charge is 2.11. The molecule has 0 aromatic carbocycles. The molecule has 0 spiro atoms. The van der Waals surface area contributed by atoms with Crippen molar-refractivity contribution in [2.45, 2.75) is 20.8 Å². The lowest BCUT2D eigenvalue weighted by molar-refractivity contribution is 0.0953. The smallest absolute Gasteiger partial charge is 0.169 e. The summed E-state index contributed by atoms with van der Waals surface area (Å²) in [6.45, 7) is 6.11. The van der Waals surface area contributed by atoms with Crippen LogP contribution in [-0.4, -0.2) is 10.8 Å². The van der Waals surface area contributed by atoms with Crippen LogP contribution in [0.15, 0.2) is 36.7 Å². The molecule has 0 unspecified atom stereocenters. The van der Waals surface area contributed by atoms with E-state index in [1.807, 2.05) is 13.0 Å². The van der Waals surface area contributed by atoms with Crippen molar-refractivity contribution in [3.8, 4) is 0 Å². The Labute approximate surface area is 91.0 Å². The van der Waals surface area contributed by atoms with Crippen molar-refractivity contribution in [2.24, 2.45) is 11.8 Å². The van der Waals surface area contributed by atoms with E-state index in [0.29, 0.717) is 5.92 Å². The number of hydrogen-bond donors (Lipinski definition) is 0. The van der Waals surface area contributed by atoms with Crippen molar-refractivity contribution in [2.75, 3.05) is 0 Å². The monoisotopic (exact) mass is 203 g/mol. The summed E-state index contributed by atoms with van der Waals surface area (Å²) in [5, 5.41) is 0. The minimum absolute atomic E-state index is 0.0604. The number of Topliss-reactive ketones (excluding diaryl/α,β-unsaturated/α-hetero) is 1. The van der Waals surface area contributed by atoms with E-state index in [-0.39, 0.29) is 11.7 Å². The van der Waals surface area contributed by atoms with Crippen LogP contribution < -0.4 is 0 Å². The van der Waals surface area contributed by atoms with Gasteiger partial charge in [0.2, 0.25) is 0 Å². The van der Waals surface area contributed by atoms with Gasteiger partial charge in [-0.25, -0.2) is 0 Å². The number of nitrogens with zero attached hydrogens (tertiary/aromatic N) is 1. The maximum atomic E-state index is 11.9. The molecule has 0 amide bonds. The minimum atomic E-state index is -0.0604. The van der Waals surface area contributed by atoms with Gasteiger partial charge in [-0.3, -0.25) is 9.78 Å². The fraction of sp³-hybridized carbons (Fsp3) is 0.385. The molecule has 15 heavy (non-hydrogen) atoms. The molecule has 1 aromatic rings. The second kappa shape index (κ2) is 5.44. The first-order chi connectivity index (χ1) is 7.11. The van der Waals surface area contributed by atoms with Gasteiger partial charge >= 0.3 is 0 Å². The number of carbonyl (C=O) groups excluding carboxylic acids is 1. The van der Waals surface area contributed by atoms with E-state index in [9.17, 15) is 4.79 Å². The first kappa shape index (κ1) is 11.6. The molecule has 0 aliphatic rings. The number of pyridine rings is 1. The van der Waals surface area contributed by atoms with Gasteiger partial charge in [-0.1, -0.05) is 32.9 Å². The second-order valence-electron chi connectivity index (χ2n) is 4.02. The van der Waals surface area contributed by atoms with E-state index in [1.165, 1.54) is 0 Å². The summed E-state index contributed by atoms with van der Waals surface area (Å²) in [7, 11) is 0. The Morgan fingerprint density at radius 1 is 1.20 bits per heavy atom. The summed E-state index contributed by atoms with van der Waals surface area (Å²) < 4.78 is 0. The second-order valence-corrected chi connectivity index (χ2v) is 4.02. The van der Waals surface area contributed by atoms with Gasteiger partial charge in [-0.2, -0.15) is 0 Å². The molecule has 0 aliphatic carbocycles. The van der Waals surface area contributed by atoms with E-state index < -0.39 is 0 Å². The molecule has 0 bridgehead atoms. The van der Waals surface area contributed by atoms with Crippen LogP contribution in [0, 0.1) is 11.8 Å². The predicted molar refractivity (Wildman–Crippen MR) is 61.7 cm³/mol. The molecule has 0 aliphatic heterocycles. The molecule has 2 nitrogen and oxygen atoms in total. The number of allylic oxidation sites excluding steroid dienone is 2. The Balaban J connectivity index is 2.69. The van der Waals surface area contributed by atoms with Crippen LogP contribution >= 0.6 is 0 Å². The van der Waals surface area contributed by atoms with E-state index in [1.54, 1.807) is 24.5 Å². The molecule has 2 heteroatoms. The zero-order valence-electron chi connectivity index (χ0n) is 9.47. The number of aromatic nitrogens is 1. The molecule has 0 N–H and O–H groups in total. The zero-order chi connectivity index (χ0) is 11.3. The molecule has 1 rings (SSSR count). The minimum Gasteiger partial charge on any atom is -0.294 e. The van der Waals surface area contributed by atoms with Crippen LogP contribution in [0.4, 0.5) is 0 Å². The summed E-state index contributed by atoms with van der Waals surface area (Å²) in [5.41, 5.74) is 0.728. The van der Waals surface area contributed by atoms with Crippen molar-refractivity contribution in [3.05, 3.63) is 42.2 Å². The van der Waals surface area contributed by atoms with Crippen LogP contribution in [-0.2, 0) is 0 Å². The van der Waals surface area contributed by atoms with Crippen LogP contribution in [0.5, 0.6) is 0 Å². The van der Waals surface area contributed by atoms with E-state index in [2.05, 4.69) is 24.9 Å². The molecule has 80 valence electrons. The fourth-order valence-corrected chi connectivity index (χ4v) is 1.26. The van der Waals surface area contributed by atoms with Crippen LogP contribution in [0.3, 0.4) is 0 Å². The first-order valence-corrected chi connectivity index (χ1v) is 5.24. The summed E-state index contributed by atoms with van der Waals surface area (Å²) >= 11 is 0. The molecular formula is C13H17NO. The molecule has 0 saturated heterocycles. The van der Waals surface area contributed by atoms with E-state index in [4.69, 9.17) is 0 Å². The van der Waals surface area contributed by atoms with Gasteiger partial charge in [0.25, 0.3) is 0 Å². The van der Waals surface area contributed by atoms with Gasteiger partial charge in [-0.05, 0) is 18.1 Å². The van der Waals surface area contributed by atoms with Crippen LogP contribution in [0.2, 0.25) is 0 Å². The summed E-state index contributed by atoms with van der Waals surface area (Å²) in [6.07, 6.45) is 7.31.